The first-order valence-electron chi connectivity index (χ1n) is 5.11. The Hall–Kier alpha value is -0.920. The SMILES string of the molecule is Cc1cc(Br)cc(C)c1S(=O)(=O)N(C)CC(=O)O. The summed E-state index contributed by atoms with van der Waals surface area (Å²) in [6.07, 6.45) is 0. The van der Waals surface area contributed by atoms with Crippen LogP contribution in [0, 0.1) is 13.8 Å². The number of nitrogens with zero attached hydrogens (tertiary/aromatic N) is 1. The summed E-state index contributed by atoms with van der Waals surface area (Å²) in [5, 5.41) is 8.66. The molecule has 5 nitrogen and oxygen atoms in total. The van der Waals surface area contributed by atoms with E-state index in [1.807, 2.05) is 0 Å². The molecule has 0 aliphatic carbocycles. The minimum absolute atomic E-state index is 0.162. The van der Waals surface area contributed by atoms with Gasteiger partial charge in [0.25, 0.3) is 0 Å². The Morgan fingerprint density at radius 3 is 2.17 bits per heavy atom. The van der Waals surface area contributed by atoms with Crippen molar-refractivity contribution in [2.75, 3.05) is 13.6 Å². The number of carbonyl (C=O) groups is 1. The average molecular weight is 336 g/mol. The second kappa shape index (κ2) is 5.38. The van der Waals surface area contributed by atoms with Crippen LogP contribution in [0.5, 0.6) is 0 Å². The minimum atomic E-state index is -3.78. The van der Waals surface area contributed by atoms with E-state index in [4.69, 9.17) is 5.11 Å². The van der Waals surface area contributed by atoms with Gasteiger partial charge in [0.15, 0.2) is 0 Å². The topological polar surface area (TPSA) is 74.7 Å². The summed E-state index contributed by atoms with van der Waals surface area (Å²) in [6.45, 7) is 2.80. The van der Waals surface area contributed by atoms with Gasteiger partial charge in [0, 0.05) is 11.5 Å². The maximum Gasteiger partial charge on any atom is 0.318 e. The fourth-order valence-corrected chi connectivity index (χ4v) is 3.95. The van der Waals surface area contributed by atoms with Gasteiger partial charge in [-0.25, -0.2) is 8.42 Å². The highest BCUT2D eigenvalue weighted by atomic mass is 79.9. The summed E-state index contributed by atoms with van der Waals surface area (Å²) in [4.78, 5) is 10.8. The maximum absolute atomic E-state index is 12.3. The third kappa shape index (κ3) is 3.09. The van der Waals surface area contributed by atoms with Crippen LogP contribution >= 0.6 is 15.9 Å². The van der Waals surface area contributed by atoms with Gasteiger partial charge in [0.1, 0.15) is 6.54 Å². The zero-order valence-corrected chi connectivity index (χ0v) is 12.7. The first-order valence-corrected chi connectivity index (χ1v) is 7.34. The predicted octanol–water partition coefficient (Wildman–Crippen LogP) is 1.77. The largest absolute Gasteiger partial charge is 0.480 e. The van der Waals surface area contributed by atoms with Crippen LogP contribution in [-0.2, 0) is 14.8 Å². The lowest BCUT2D eigenvalue weighted by Crippen LogP contribution is -2.32. The fourth-order valence-electron chi connectivity index (χ4n) is 1.74. The zero-order valence-electron chi connectivity index (χ0n) is 10.3. The molecular formula is C11H14BrNO4S. The van der Waals surface area contributed by atoms with Crippen LogP contribution in [0.25, 0.3) is 0 Å². The lowest BCUT2D eigenvalue weighted by Gasteiger charge is -2.18. The molecule has 0 aliphatic heterocycles. The normalized spacial score (nSPS) is 11.8. The molecule has 0 amide bonds. The molecule has 7 heteroatoms. The average Bonchev–Trinajstić information content (AvgIpc) is 2.13. The van der Waals surface area contributed by atoms with E-state index in [1.54, 1.807) is 26.0 Å². The van der Waals surface area contributed by atoms with E-state index in [0.29, 0.717) is 11.1 Å². The molecule has 0 saturated heterocycles. The Morgan fingerprint density at radius 1 is 1.33 bits per heavy atom. The highest BCUT2D eigenvalue weighted by Crippen LogP contribution is 2.26. The van der Waals surface area contributed by atoms with Crippen LogP contribution in [0.1, 0.15) is 11.1 Å². The number of benzene rings is 1. The lowest BCUT2D eigenvalue weighted by atomic mass is 10.2. The molecule has 0 atom stereocenters. The second-order valence-electron chi connectivity index (χ2n) is 4.02. The zero-order chi connectivity index (χ0) is 14.1. The highest BCUT2D eigenvalue weighted by molar-refractivity contribution is 9.10. The van der Waals surface area contributed by atoms with Crippen LogP contribution < -0.4 is 0 Å². The van der Waals surface area contributed by atoms with Crippen molar-refractivity contribution in [1.82, 2.24) is 4.31 Å². The molecule has 1 N–H and O–H groups in total. The highest BCUT2D eigenvalue weighted by Gasteiger charge is 2.26. The number of carboxylic acid groups (broad SMARTS) is 1. The van der Waals surface area contributed by atoms with Gasteiger partial charge in [-0.05, 0) is 37.1 Å². The van der Waals surface area contributed by atoms with E-state index in [9.17, 15) is 13.2 Å². The summed E-state index contributed by atoms with van der Waals surface area (Å²) < 4.78 is 26.2. The number of halogens is 1. The first kappa shape index (κ1) is 15.1. The van der Waals surface area contributed by atoms with Crippen molar-refractivity contribution in [3.05, 3.63) is 27.7 Å². The molecule has 0 fully saturated rings. The number of aliphatic carboxylic acids is 1. The quantitative estimate of drug-likeness (QED) is 0.909. The van der Waals surface area contributed by atoms with E-state index >= 15 is 0 Å². The van der Waals surface area contributed by atoms with Crippen LogP contribution in [-0.4, -0.2) is 37.4 Å². The maximum atomic E-state index is 12.3. The number of likely N-dealkylation sites (N-methyl/N-ethyl adjacent to an activating group) is 1. The van der Waals surface area contributed by atoms with Gasteiger partial charge in [-0.1, -0.05) is 15.9 Å². The molecule has 1 aromatic carbocycles. The van der Waals surface area contributed by atoms with Gasteiger partial charge < -0.3 is 5.11 Å². The van der Waals surface area contributed by atoms with Crippen LogP contribution in [0.4, 0.5) is 0 Å². The predicted molar refractivity (Wildman–Crippen MR) is 71.1 cm³/mol. The lowest BCUT2D eigenvalue weighted by molar-refractivity contribution is -0.137. The third-order valence-corrected chi connectivity index (χ3v) is 5.02. The van der Waals surface area contributed by atoms with E-state index in [-0.39, 0.29) is 4.90 Å². The van der Waals surface area contributed by atoms with Crippen molar-refractivity contribution < 1.29 is 18.3 Å². The standard InChI is InChI=1S/C11H14BrNO4S/c1-7-4-9(12)5-8(2)11(7)18(16,17)13(3)6-10(14)15/h4-5H,6H2,1-3H3,(H,14,15). The number of hydrogen-bond acceptors (Lipinski definition) is 3. The van der Waals surface area contributed by atoms with Gasteiger partial charge in [-0.3, -0.25) is 4.79 Å². The second-order valence-corrected chi connectivity index (χ2v) is 6.92. The molecule has 0 saturated carbocycles. The Balaban J connectivity index is 3.33. The van der Waals surface area contributed by atoms with Gasteiger partial charge in [0.2, 0.25) is 10.0 Å². The van der Waals surface area contributed by atoms with Crippen LogP contribution in [0.2, 0.25) is 0 Å². The molecule has 1 rings (SSSR count). The number of hydrogen-bond donors (Lipinski definition) is 1. The molecule has 0 bridgehead atoms. The Morgan fingerprint density at radius 2 is 1.78 bits per heavy atom. The van der Waals surface area contributed by atoms with Gasteiger partial charge in [-0.15, -0.1) is 0 Å². The van der Waals surface area contributed by atoms with Crippen molar-refractivity contribution in [3.8, 4) is 0 Å². The molecule has 0 heterocycles. The van der Waals surface area contributed by atoms with Crippen LogP contribution in [0.15, 0.2) is 21.5 Å². The molecule has 0 unspecified atom stereocenters. The van der Waals surface area contributed by atoms with Gasteiger partial charge in [0.05, 0.1) is 4.90 Å². The Labute approximate surface area is 115 Å². The van der Waals surface area contributed by atoms with Gasteiger partial charge in [-0.2, -0.15) is 4.31 Å². The van der Waals surface area contributed by atoms with Crippen molar-refractivity contribution in [1.29, 1.82) is 0 Å². The summed E-state index contributed by atoms with van der Waals surface area (Å²) in [5.41, 5.74) is 1.17. The number of aryl methyl sites for hydroxylation is 2. The monoisotopic (exact) mass is 335 g/mol. The third-order valence-electron chi connectivity index (χ3n) is 2.45. The van der Waals surface area contributed by atoms with Crippen LogP contribution in [0.3, 0.4) is 0 Å². The van der Waals surface area contributed by atoms with Crippen molar-refractivity contribution in [3.63, 3.8) is 0 Å². The summed E-state index contributed by atoms with van der Waals surface area (Å²) in [7, 11) is -2.53. The summed E-state index contributed by atoms with van der Waals surface area (Å²) in [6, 6.07) is 3.38. The van der Waals surface area contributed by atoms with E-state index in [2.05, 4.69) is 15.9 Å². The minimum Gasteiger partial charge on any atom is -0.480 e. The van der Waals surface area contributed by atoms with Crippen molar-refractivity contribution in [2.45, 2.75) is 18.7 Å². The molecule has 100 valence electrons. The molecule has 0 aromatic heterocycles. The molecule has 0 radical (unpaired) electrons. The summed E-state index contributed by atoms with van der Waals surface area (Å²) in [5.74, 6) is -1.19. The molecule has 0 aliphatic rings. The Bertz CT molecular complexity index is 560. The Kier molecular flexibility index (Phi) is 4.52. The smallest absolute Gasteiger partial charge is 0.318 e. The van der Waals surface area contributed by atoms with Crippen molar-refractivity contribution in [2.24, 2.45) is 0 Å². The van der Waals surface area contributed by atoms with Crippen molar-refractivity contribution >= 4 is 31.9 Å². The first-order chi connectivity index (χ1) is 8.16. The molecule has 1 aromatic rings. The molecular weight excluding hydrogens is 322 g/mol. The van der Waals surface area contributed by atoms with E-state index in [1.165, 1.54) is 7.05 Å². The number of sulfonamides is 1. The molecule has 18 heavy (non-hydrogen) atoms. The van der Waals surface area contributed by atoms with E-state index in [0.717, 1.165) is 8.78 Å². The number of carboxylic acids is 1. The summed E-state index contributed by atoms with van der Waals surface area (Å²) >= 11 is 3.29. The van der Waals surface area contributed by atoms with Gasteiger partial charge >= 0.3 is 5.97 Å². The fraction of sp³-hybridized carbons (Fsp3) is 0.364. The number of rotatable bonds is 4. The molecule has 0 spiro atoms. The van der Waals surface area contributed by atoms with E-state index < -0.39 is 22.5 Å².